The molecule has 1 aliphatic carbocycles. The smallest absolute Gasteiger partial charge is 0.0929 e. The lowest BCUT2D eigenvalue weighted by Gasteiger charge is -2.42. The van der Waals surface area contributed by atoms with Crippen molar-refractivity contribution in [3.8, 4) is 0 Å². The van der Waals surface area contributed by atoms with Crippen LogP contribution in [0.25, 0.3) is 0 Å². The summed E-state index contributed by atoms with van der Waals surface area (Å²) in [4.78, 5) is 0. The minimum absolute atomic E-state index is 0.190. The van der Waals surface area contributed by atoms with E-state index in [9.17, 15) is 5.11 Å². The molecular weight excluding hydrogens is 156 g/mol. The van der Waals surface area contributed by atoms with Crippen LogP contribution in [0.15, 0.2) is 0 Å². The molecular formula is C9H18O3. The summed E-state index contributed by atoms with van der Waals surface area (Å²) >= 11 is 0. The molecule has 0 spiro atoms. The van der Waals surface area contributed by atoms with Gasteiger partial charge in [-0.15, -0.1) is 0 Å². The maximum absolute atomic E-state index is 9.76. The summed E-state index contributed by atoms with van der Waals surface area (Å²) in [5, 5.41) is 9.76. The van der Waals surface area contributed by atoms with Crippen LogP contribution in [0, 0.1) is 0 Å². The first-order valence-corrected chi connectivity index (χ1v) is 4.42. The van der Waals surface area contributed by atoms with Gasteiger partial charge in [-0.05, 0) is 13.8 Å². The molecule has 0 amide bonds. The molecule has 0 saturated heterocycles. The second-order valence-electron chi connectivity index (χ2n) is 3.85. The summed E-state index contributed by atoms with van der Waals surface area (Å²) in [6.45, 7) is 4.37. The molecule has 3 nitrogen and oxygen atoms in total. The van der Waals surface area contributed by atoms with Crippen LogP contribution < -0.4 is 0 Å². The highest BCUT2D eigenvalue weighted by molar-refractivity contribution is 4.95. The fourth-order valence-electron chi connectivity index (χ4n) is 1.39. The molecule has 0 aromatic rings. The van der Waals surface area contributed by atoms with Crippen molar-refractivity contribution >= 4 is 0 Å². The largest absolute Gasteiger partial charge is 0.387 e. The van der Waals surface area contributed by atoms with Gasteiger partial charge in [-0.3, -0.25) is 0 Å². The lowest BCUT2D eigenvalue weighted by Crippen LogP contribution is -2.51. The summed E-state index contributed by atoms with van der Waals surface area (Å²) in [6.07, 6.45) is 1.83. The average molecular weight is 174 g/mol. The van der Waals surface area contributed by atoms with E-state index in [4.69, 9.17) is 9.47 Å². The van der Waals surface area contributed by atoms with Gasteiger partial charge >= 0.3 is 0 Å². The van der Waals surface area contributed by atoms with E-state index in [0.717, 1.165) is 0 Å². The lowest BCUT2D eigenvalue weighted by atomic mass is 9.78. The standard InChI is InChI=1S/C9H18O3/c1-7(2)12-6-9(10)4-8(5-9)11-3/h7-8,10H,4-6H2,1-3H3. The highest BCUT2D eigenvalue weighted by atomic mass is 16.5. The average Bonchev–Trinajstić information content (AvgIpc) is 1.95. The van der Waals surface area contributed by atoms with Crippen LogP contribution in [0.2, 0.25) is 0 Å². The van der Waals surface area contributed by atoms with Gasteiger partial charge in [0.25, 0.3) is 0 Å². The second kappa shape index (κ2) is 3.73. The Balaban J connectivity index is 2.16. The van der Waals surface area contributed by atoms with Gasteiger partial charge in [0.2, 0.25) is 0 Å². The van der Waals surface area contributed by atoms with E-state index >= 15 is 0 Å². The third-order valence-electron chi connectivity index (χ3n) is 2.23. The van der Waals surface area contributed by atoms with E-state index in [0.29, 0.717) is 19.4 Å². The molecule has 12 heavy (non-hydrogen) atoms. The van der Waals surface area contributed by atoms with E-state index in [2.05, 4.69) is 0 Å². The first-order valence-electron chi connectivity index (χ1n) is 4.42. The van der Waals surface area contributed by atoms with Crippen LogP contribution in [0.4, 0.5) is 0 Å². The van der Waals surface area contributed by atoms with Gasteiger partial charge in [0, 0.05) is 20.0 Å². The van der Waals surface area contributed by atoms with Crippen LogP contribution in [-0.4, -0.2) is 36.6 Å². The second-order valence-corrected chi connectivity index (χ2v) is 3.85. The Morgan fingerprint density at radius 2 is 2.08 bits per heavy atom. The van der Waals surface area contributed by atoms with Gasteiger partial charge in [-0.1, -0.05) is 0 Å². The van der Waals surface area contributed by atoms with Crippen molar-refractivity contribution in [2.45, 2.75) is 44.5 Å². The molecule has 0 heterocycles. The zero-order chi connectivity index (χ0) is 9.19. The Kier molecular flexibility index (Phi) is 3.09. The summed E-state index contributed by atoms with van der Waals surface area (Å²) in [5.41, 5.74) is -0.620. The maximum Gasteiger partial charge on any atom is 0.0929 e. The monoisotopic (exact) mass is 174 g/mol. The minimum atomic E-state index is -0.620. The van der Waals surface area contributed by atoms with Gasteiger partial charge < -0.3 is 14.6 Å². The van der Waals surface area contributed by atoms with Crippen LogP contribution in [0.3, 0.4) is 0 Å². The molecule has 0 atom stereocenters. The van der Waals surface area contributed by atoms with Crippen molar-refractivity contribution in [1.82, 2.24) is 0 Å². The molecule has 1 fully saturated rings. The SMILES string of the molecule is COC1CC(O)(COC(C)C)C1. The summed E-state index contributed by atoms with van der Waals surface area (Å²) in [6, 6.07) is 0. The highest BCUT2D eigenvalue weighted by Crippen LogP contribution is 2.34. The highest BCUT2D eigenvalue weighted by Gasteiger charge is 2.43. The van der Waals surface area contributed by atoms with E-state index in [1.807, 2.05) is 13.8 Å². The van der Waals surface area contributed by atoms with Crippen LogP contribution in [0.5, 0.6) is 0 Å². The first-order chi connectivity index (χ1) is 5.56. The van der Waals surface area contributed by atoms with Crippen LogP contribution in [0.1, 0.15) is 26.7 Å². The molecule has 1 saturated carbocycles. The Labute approximate surface area is 73.7 Å². The van der Waals surface area contributed by atoms with Gasteiger partial charge in [0.05, 0.1) is 24.4 Å². The molecule has 0 bridgehead atoms. The van der Waals surface area contributed by atoms with Gasteiger partial charge in [0.15, 0.2) is 0 Å². The Bertz CT molecular complexity index is 139. The lowest BCUT2D eigenvalue weighted by molar-refractivity contribution is -0.166. The third-order valence-corrected chi connectivity index (χ3v) is 2.23. The molecule has 1 N–H and O–H groups in total. The molecule has 0 aromatic heterocycles. The first kappa shape index (κ1) is 9.96. The van der Waals surface area contributed by atoms with Crippen LogP contribution in [-0.2, 0) is 9.47 Å². The molecule has 1 aliphatic rings. The number of rotatable bonds is 4. The van der Waals surface area contributed by atoms with Crippen molar-refractivity contribution in [2.75, 3.05) is 13.7 Å². The molecule has 1 rings (SSSR count). The Morgan fingerprint density at radius 1 is 1.50 bits per heavy atom. The predicted molar refractivity (Wildman–Crippen MR) is 46.1 cm³/mol. The zero-order valence-electron chi connectivity index (χ0n) is 8.04. The van der Waals surface area contributed by atoms with E-state index in [1.54, 1.807) is 7.11 Å². The summed E-state index contributed by atoms with van der Waals surface area (Å²) in [7, 11) is 1.67. The van der Waals surface area contributed by atoms with Gasteiger partial charge in [-0.2, -0.15) is 0 Å². The molecule has 0 unspecified atom stereocenters. The Hall–Kier alpha value is -0.120. The quantitative estimate of drug-likeness (QED) is 0.689. The van der Waals surface area contributed by atoms with E-state index < -0.39 is 5.60 Å². The van der Waals surface area contributed by atoms with Crippen molar-refractivity contribution in [3.63, 3.8) is 0 Å². The summed E-state index contributed by atoms with van der Waals surface area (Å²) in [5.74, 6) is 0. The van der Waals surface area contributed by atoms with Gasteiger partial charge in [-0.25, -0.2) is 0 Å². The number of ether oxygens (including phenoxy) is 2. The van der Waals surface area contributed by atoms with Crippen molar-refractivity contribution in [1.29, 1.82) is 0 Å². The third kappa shape index (κ3) is 2.44. The predicted octanol–water partition coefficient (Wildman–Crippen LogP) is 0.951. The van der Waals surface area contributed by atoms with E-state index in [1.165, 1.54) is 0 Å². The van der Waals surface area contributed by atoms with Crippen molar-refractivity contribution in [3.05, 3.63) is 0 Å². The Morgan fingerprint density at radius 3 is 2.50 bits per heavy atom. The van der Waals surface area contributed by atoms with Crippen LogP contribution >= 0.6 is 0 Å². The molecule has 0 aromatic carbocycles. The van der Waals surface area contributed by atoms with Gasteiger partial charge in [0.1, 0.15) is 0 Å². The topological polar surface area (TPSA) is 38.7 Å². The minimum Gasteiger partial charge on any atom is -0.387 e. The van der Waals surface area contributed by atoms with Crippen molar-refractivity contribution < 1.29 is 14.6 Å². The van der Waals surface area contributed by atoms with E-state index in [-0.39, 0.29) is 12.2 Å². The number of hydrogen-bond acceptors (Lipinski definition) is 3. The number of methoxy groups -OCH3 is 1. The molecule has 0 aliphatic heterocycles. The summed E-state index contributed by atoms with van der Waals surface area (Å²) < 4.78 is 10.4. The fourth-order valence-corrected chi connectivity index (χ4v) is 1.39. The maximum atomic E-state index is 9.76. The number of hydrogen-bond donors (Lipinski definition) is 1. The normalized spacial score (nSPS) is 35.2. The molecule has 3 heteroatoms. The number of aliphatic hydroxyl groups is 1. The molecule has 72 valence electrons. The van der Waals surface area contributed by atoms with Crippen molar-refractivity contribution in [2.24, 2.45) is 0 Å². The molecule has 0 radical (unpaired) electrons. The zero-order valence-corrected chi connectivity index (χ0v) is 8.04. The fraction of sp³-hybridized carbons (Fsp3) is 1.00.